The predicted molar refractivity (Wildman–Crippen MR) is 125 cm³/mol. The van der Waals surface area contributed by atoms with Gasteiger partial charge in [-0.25, -0.2) is 0 Å². The van der Waals surface area contributed by atoms with Crippen molar-refractivity contribution in [3.05, 3.63) is 74.6 Å². The van der Waals surface area contributed by atoms with Crippen LogP contribution in [0.25, 0.3) is 11.3 Å². The van der Waals surface area contributed by atoms with Gasteiger partial charge >= 0.3 is 0 Å². The Labute approximate surface area is 196 Å². The fraction of sp³-hybridized carbons (Fsp3) is 0.250. The van der Waals surface area contributed by atoms with E-state index in [1.807, 2.05) is 12.1 Å². The van der Waals surface area contributed by atoms with Crippen LogP contribution in [0.4, 0.5) is 0 Å². The molecule has 0 spiro atoms. The second kappa shape index (κ2) is 8.78. The number of nitrogens with zero attached hydrogens (tertiary/aromatic N) is 2. The van der Waals surface area contributed by atoms with Gasteiger partial charge in [-0.2, -0.15) is 5.26 Å². The summed E-state index contributed by atoms with van der Waals surface area (Å²) in [5.41, 5.74) is 10.5. The molecule has 3 N–H and O–H groups in total. The summed E-state index contributed by atoms with van der Waals surface area (Å²) in [7, 11) is 1.52. The van der Waals surface area contributed by atoms with Crippen molar-refractivity contribution in [2.75, 3.05) is 7.11 Å². The molecule has 0 radical (unpaired) electrons. The number of H-pyrrole nitrogens is 1. The average Bonchev–Trinajstić information content (AvgIpc) is 3.15. The average molecular weight is 469 g/mol. The van der Waals surface area contributed by atoms with E-state index in [2.05, 4.69) is 42.2 Å². The molecule has 1 aliphatic rings. The standard InChI is InChI=1S/C24H22Cl2N4O2/c1-12(2)8-13-4-6-14(7-5-13)21-20-19(16-9-15(25)10-18(26)22(16)31-3)17(11-27)23(28)32-24(20)30-29-21/h4-7,9-10,12,19H,8,28H2,1-3H3,(H,29,30)/t19-/m1/s1. The minimum absolute atomic E-state index is 0.0199. The molecule has 3 aromatic rings. The van der Waals surface area contributed by atoms with Crippen molar-refractivity contribution in [2.24, 2.45) is 11.7 Å². The number of hydrogen-bond acceptors (Lipinski definition) is 5. The Morgan fingerprint density at radius 1 is 1.25 bits per heavy atom. The predicted octanol–water partition coefficient (Wildman–Crippen LogP) is 5.81. The van der Waals surface area contributed by atoms with E-state index in [0.717, 1.165) is 17.7 Å². The number of nitrogens with one attached hydrogen (secondary N) is 1. The summed E-state index contributed by atoms with van der Waals surface area (Å²) in [4.78, 5) is 0. The van der Waals surface area contributed by atoms with Crippen molar-refractivity contribution in [2.45, 2.75) is 26.2 Å². The lowest BCUT2D eigenvalue weighted by Gasteiger charge is -2.26. The van der Waals surface area contributed by atoms with Crippen molar-refractivity contribution >= 4 is 23.2 Å². The number of nitrogens with two attached hydrogens (primary N) is 1. The third-order valence-electron chi connectivity index (χ3n) is 5.38. The van der Waals surface area contributed by atoms with Crippen molar-refractivity contribution in [1.29, 1.82) is 5.26 Å². The summed E-state index contributed by atoms with van der Waals surface area (Å²) in [5.74, 6) is 0.622. The zero-order valence-corrected chi connectivity index (χ0v) is 19.4. The van der Waals surface area contributed by atoms with Gasteiger partial charge in [-0.15, -0.1) is 5.10 Å². The van der Waals surface area contributed by atoms with Gasteiger partial charge in [0.05, 0.1) is 29.3 Å². The van der Waals surface area contributed by atoms with Gasteiger partial charge in [0.2, 0.25) is 11.8 Å². The first-order chi connectivity index (χ1) is 15.3. The van der Waals surface area contributed by atoms with Gasteiger partial charge in [0.25, 0.3) is 0 Å². The van der Waals surface area contributed by atoms with Crippen LogP contribution in [0.1, 0.15) is 36.5 Å². The van der Waals surface area contributed by atoms with Gasteiger partial charge in [0.15, 0.2) is 0 Å². The van der Waals surface area contributed by atoms with E-state index in [1.54, 1.807) is 12.1 Å². The van der Waals surface area contributed by atoms with E-state index < -0.39 is 5.92 Å². The monoisotopic (exact) mass is 468 g/mol. The molecule has 0 amide bonds. The van der Waals surface area contributed by atoms with Crippen molar-refractivity contribution in [1.82, 2.24) is 10.2 Å². The van der Waals surface area contributed by atoms with Crippen LogP contribution in [-0.4, -0.2) is 17.3 Å². The minimum atomic E-state index is -0.626. The third-order valence-corrected chi connectivity index (χ3v) is 5.88. The maximum Gasteiger partial charge on any atom is 0.244 e. The molecule has 0 aliphatic carbocycles. The van der Waals surface area contributed by atoms with E-state index in [9.17, 15) is 5.26 Å². The summed E-state index contributed by atoms with van der Waals surface area (Å²) in [6.07, 6.45) is 0.989. The van der Waals surface area contributed by atoms with E-state index in [-0.39, 0.29) is 11.5 Å². The number of aromatic amines is 1. The number of methoxy groups -OCH3 is 1. The van der Waals surface area contributed by atoms with Crippen molar-refractivity contribution in [3.8, 4) is 29.0 Å². The van der Waals surface area contributed by atoms with Gasteiger partial charge in [-0.1, -0.05) is 61.3 Å². The first-order valence-electron chi connectivity index (χ1n) is 10.1. The molecule has 8 heteroatoms. The zero-order chi connectivity index (χ0) is 23.0. The van der Waals surface area contributed by atoms with Crippen molar-refractivity contribution < 1.29 is 9.47 Å². The summed E-state index contributed by atoms with van der Waals surface area (Å²) >= 11 is 12.7. The molecule has 4 rings (SSSR count). The Kier molecular flexibility index (Phi) is 6.05. The van der Waals surface area contributed by atoms with Crippen LogP contribution < -0.4 is 15.2 Å². The normalized spacial score (nSPS) is 15.3. The van der Waals surface area contributed by atoms with Crippen LogP contribution in [-0.2, 0) is 6.42 Å². The number of halogens is 2. The lowest BCUT2D eigenvalue weighted by molar-refractivity contribution is 0.375. The highest BCUT2D eigenvalue weighted by molar-refractivity contribution is 6.35. The lowest BCUT2D eigenvalue weighted by Crippen LogP contribution is -2.21. The van der Waals surface area contributed by atoms with Gasteiger partial charge < -0.3 is 15.2 Å². The highest BCUT2D eigenvalue weighted by Crippen LogP contribution is 2.49. The van der Waals surface area contributed by atoms with Crippen LogP contribution in [0, 0.1) is 17.2 Å². The fourth-order valence-corrected chi connectivity index (χ4v) is 4.65. The number of benzene rings is 2. The quantitative estimate of drug-likeness (QED) is 0.492. The Balaban J connectivity index is 1.91. The van der Waals surface area contributed by atoms with Crippen LogP contribution in [0.5, 0.6) is 11.6 Å². The molecule has 2 aromatic carbocycles. The summed E-state index contributed by atoms with van der Waals surface area (Å²) in [5, 5.41) is 18.1. The SMILES string of the molecule is COc1c(Cl)cc(Cl)cc1[C@@H]1C(C#N)=C(N)Oc2n[nH]c(-c3ccc(CC(C)C)cc3)c21. The molecule has 6 nitrogen and oxygen atoms in total. The van der Waals surface area contributed by atoms with Gasteiger partial charge in [-0.3, -0.25) is 5.10 Å². The molecule has 0 bridgehead atoms. The molecule has 32 heavy (non-hydrogen) atoms. The number of ether oxygens (including phenoxy) is 2. The first-order valence-corrected chi connectivity index (χ1v) is 10.9. The number of hydrogen-bond donors (Lipinski definition) is 2. The number of rotatable bonds is 5. The molecule has 0 saturated carbocycles. The summed E-state index contributed by atoms with van der Waals surface area (Å²) < 4.78 is 11.3. The zero-order valence-electron chi connectivity index (χ0n) is 17.9. The summed E-state index contributed by atoms with van der Waals surface area (Å²) in [6, 6.07) is 13.7. The van der Waals surface area contributed by atoms with Crippen LogP contribution in [0.15, 0.2) is 47.9 Å². The third kappa shape index (κ3) is 3.90. The molecule has 1 atom stereocenters. The number of allylic oxidation sites excluding steroid dienone is 1. The highest BCUT2D eigenvalue weighted by Gasteiger charge is 2.37. The molecule has 0 fully saturated rings. The minimum Gasteiger partial charge on any atom is -0.495 e. The maximum atomic E-state index is 9.93. The first kappa shape index (κ1) is 22.1. The highest BCUT2D eigenvalue weighted by atomic mass is 35.5. The number of aromatic nitrogens is 2. The van der Waals surface area contributed by atoms with Gasteiger partial charge in [-0.05, 0) is 30.0 Å². The topological polar surface area (TPSA) is 96.9 Å². The largest absolute Gasteiger partial charge is 0.495 e. The van der Waals surface area contributed by atoms with E-state index in [4.69, 9.17) is 38.4 Å². The summed E-state index contributed by atoms with van der Waals surface area (Å²) in [6.45, 7) is 4.37. The lowest BCUT2D eigenvalue weighted by atomic mass is 9.82. The van der Waals surface area contributed by atoms with Gasteiger partial charge in [0, 0.05) is 16.1 Å². The molecule has 0 saturated heterocycles. The second-order valence-electron chi connectivity index (χ2n) is 8.05. The second-order valence-corrected chi connectivity index (χ2v) is 8.89. The fourth-order valence-electron chi connectivity index (χ4n) is 4.07. The van der Waals surface area contributed by atoms with Crippen LogP contribution in [0.3, 0.4) is 0 Å². The smallest absolute Gasteiger partial charge is 0.244 e. The molecular formula is C24H22Cl2N4O2. The van der Waals surface area contributed by atoms with E-state index in [1.165, 1.54) is 12.7 Å². The van der Waals surface area contributed by atoms with Gasteiger partial charge in [0.1, 0.15) is 17.4 Å². The molecule has 164 valence electrons. The molecule has 1 aliphatic heterocycles. The molecule has 1 aromatic heterocycles. The number of fused-ring (bicyclic) bond motifs is 1. The Morgan fingerprint density at radius 3 is 2.59 bits per heavy atom. The number of nitriles is 1. The Bertz CT molecular complexity index is 1240. The Hall–Kier alpha value is -3.14. The van der Waals surface area contributed by atoms with Crippen LogP contribution >= 0.6 is 23.2 Å². The maximum absolute atomic E-state index is 9.93. The van der Waals surface area contributed by atoms with E-state index >= 15 is 0 Å². The Morgan fingerprint density at radius 2 is 1.97 bits per heavy atom. The van der Waals surface area contributed by atoms with Crippen molar-refractivity contribution in [3.63, 3.8) is 0 Å². The molecule has 2 heterocycles. The van der Waals surface area contributed by atoms with E-state index in [0.29, 0.717) is 38.7 Å². The van der Waals surface area contributed by atoms with Crippen LogP contribution in [0.2, 0.25) is 10.0 Å². The molecular weight excluding hydrogens is 447 g/mol. The molecule has 0 unspecified atom stereocenters.